The number of nitrogens with zero attached hydrogens (tertiary/aromatic N) is 2. The molecular formula is C20H26F6N4O6S. The normalized spacial score (nSPS) is 12.4. The van der Waals surface area contributed by atoms with Gasteiger partial charge in [0.25, 0.3) is 5.69 Å². The molecule has 0 spiro atoms. The van der Waals surface area contributed by atoms with Gasteiger partial charge in [0.1, 0.15) is 0 Å². The van der Waals surface area contributed by atoms with E-state index >= 15 is 0 Å². The number of carbonyl (C=O) groups is 2. The number of benzene rings is 1. The smallest absolute Gasteiger partial charge is 0.348 e. The quantitative estimate of drug-likeness (QED) is 0.145. The summed E-state index contributed by atoms with van der Waals surface area (Å²) in [4.78, 5) is 31.5. The summed E-state index contributed by atoms with van der Waals surface area (Å²) in [6.45, 7) is -0.716. The number of carbonyl (C=O) groups excluding carboxylic acids is 2. The number of nitrogens with one attached hydrogen (secondary N) is 2. The molecule has 10 nitrogen and oxygen atoms in total. The number of halogens is 6. The van der Waals surface area contributed by atoms with Crippen molar-refractivity contribution < 1.29 is 49.3 Å². The average Bonchev–Trinajstić information content (AvgIpc) is 2.80. The van der Waals surface area contributed by atoms with Crippen LogP contribution in [-0.4, -0.2) is 68.0 Å². The number of nitro benzene ring substituents is 1. The van der Waals surface area contributed by atoms with E-state index in [4.69, 9.17) is 0 Å². The molecule has 1 rings (SSSR count). The first-order valence-corrected chi connectivity index (χ1v) is 12.5. The van der Waals surface area contributed by atoms with Gasteiger partial charge in [-0.05, 0) is 37.8 Å². The number of hydrogen-bond donors (Lipinski definition) is 2. The molecule has 0 saturated carbocycles. The molecule has 0 heterocycles. The van der Waals surface area contributed by atoms with Crippen molar-refractivity contribution in [3.63, 3.8) is 0 Å². The molecule has 0 saturated heterocycles. The molecule has 2 N–H and O–H groups in total. The molecule has 0 fully saturated rings. The van der Waals surface area contributed by atoms with Gasteiger partial charge in [-0.3, -0.25) is 19.7 Å². The van der Waals surface area contributed by atoms with Crippen molar-refractivity contribution >= 4 is 27.5 Å². The maximum atomic E-state index is 13.0. The molecule has 1 aromatic rings. The average molecular weight is 565 g/mol. The molecule has 0 bridgehead atoms. The molecular weight excluding hydrogens is 538 g/mol. The Labute approximate surface area is 208 Å². The zero-order valence-electron chi connectivity index (χ0n) is 19.4. The zero-order chi connectivity index (χ0) is 28.3. The van der Waals surface area contributed by atoms with Crippen LogP contribution in [0.4, 0.5) is 32.0 Å². The number of non-ortho nitro benzene ring substituents is 1. The summed E-state index contributed by atoms with van der Waals surface area (Å²) in [6, 6.07) is 4.11. The Morgan fingerprint density at radius 3 is 1.62 bits per heavy atom. The summed E-state index contributed by atoms with van der Waals surface area (Å²) >= 11 is 0. The first-order chi connectivity index (χ1) is 17.1. The third-order valence-corrected chi connectivity index (χ3v) is 6.85. The van der Waals surface area contributed by atoms with Gasteiger partial charge >= 0.3 is 24.2 Å². The van der Waals surface area contributed by atoms with Crippen LogP contribution in [0.5, 0.6) is 0 Å². The van der Waals surface area contributed by atoms with E-state index in [0.717, 1.165) is 28.6 Å². The lowest BCUT2D eigenvalue weighted by molar-refractivity contribution is -0.384. The van der Waals surface area contributed by atoms with Crippen molar-refractivity contribution in [3.8, 4) is 0 Å². The van der Waals surface area contributed by atoms with Crippen LogP contribution >= 0.6 is 0 Å². The molecule has 1 aromatic carbocycles. The molecule has 37 heavy (non-hydrogen) atoms. The molecule has 0 radical (unpaired) electrons. The lowest BCUT2D eigenvalue weighted by Gasteiger charge is -2.22. The molecule has 0 aliphatic carbocycles. The number of hydrogen-bond acceptors (Lipinski definition) is 6. The van der Waals surface area contributed by atoms with Crippen molar-refractivity contribution in [2.45, 2.75) is 55.8 Å². The van der Waals surface area contributed by atoms with Crippen LogP contribution in [0.1, 0.15) is 38.5 Å². The third-order valence-electron chi connectivity index (χ3n) is 4.94. The van der Waals surface area contributed by atoms with Gasteiger partial charge in [-0.1, -0.05) is 12.8 Å². The fraction of sp³-hybridized carbons (Fsp3) is 0.600. The highest BCUT2D eigenvalue weighted by atomic mass is 32.2. The summed E-state index contributed by atoms with van der Waals surface area (Å²) in [5.74, 6) is -4.17. The second-order valence-corrected chi connectivity index (χ2v) is 9.72. The van der Waals surface area contributed by atoms with Gasteiger partial charge < -0.3 is 10.6 Å². The Morgan fingerprint density at radius 2 is 1.19 bits per heavy atom. The number of unbranched alkanes of at least 4 members (excludes halogenated alkanes) is 4. The van der Waals surface area contributed by atoms with Crippen LogP contribution in [0.2, 0.25) is 0 Å². The fourth-order valence-electron chi connectivity index (χ4n) is 3.03. The van der Waals surface area contributed by atoms with Crippen LogP contribution in [0, 0.1) is 10.1 Å². The van der Waals surface area contributed by atoms with Crippen molar-refractivity contribution in [1.82, 2.24) is 14.9 Å². The van der Waals surface area contributed by atoms with Crippen molar-refractivity contribution in [3.05, 3.63) is 34.4 Å². The maximum Gasteiger partial charge on any atom is 0.471 e. The van der Waals surface area contributed by atoms with Crippen LogP contribution in [0.15, 0.2) is 29.2 Å². The number of sulfonamides is 1. The van der Waals surface area contributed by atoms with E-state index in [0.29, 0.717) is 12.8 Å². The highest BCUT2D eigenvalue weighted by Gasteiger charge is 2.38. The zero-order valence-corrected chi connectivity index (χ0v) is 20.2. The van der Waals surface area contributed by atoms with Gasteiger partial charge in [-0.15, -0.1) is 0 Å². The van der Waals surface area contributed by atoms with Gasteiger partial charge in [0, 0.05) is 38.3 Å². The van der Waals surface area contributed by atoms with E-state index in [-0.39, 0.29) is 62.4 Å². The van der Waals surface area contributed by atoms with Crippen LogP contribution < -0.4 is 10.6 Å². The predicted molar refractivity (Wildman–Crippen MR) is 118 cm³/mol. The fourth-order valence-corrected chi connectivity index (χ4v) is 4.54. The van der Waals surface area contributed by atoms with E-state index in [1.807, 2.05) is 0 Å². The van der Waals surface area contributed by atoms with E-state index in [2.05, 4.69) is 0 Å². The minimum absolute atomic E-state index is 0.0347. The van der Waals surface area contributed by atoms with Gasteiger partial charge in [0.15, 0.2) is 0 Å². The largest absolute Gasteiger partial charge is 0.471 e. The van der Waals surface area contributed by atoms with E-state index in [9.17, 15) is 54.5 Å². The van der Waals surface area contributed by atoms with E-state index < -0.39 is 39.1 Å². The lowest BCUT2D eigenvalue weighted by Crippen LogP contribution is -2.37. The molecule has 0 unspecified atom stereocenters. The Kier molecular flexibility index (Phi) is 12.2. The topological polar surface area (TPSA) is 139 Å². The van der Waals surface area contributed by atoms with Crippen LogP contribution in [-0.2, 0) is 19.6 Å². The summed E-state index contributed by atoms with van der Waals surface area (Å²) in [7, 11) is -4.13. The molecule has 0 aromatic heterocycles. The van der Waals surface area contributed by atoms with Crippen LogP contribution in [0.25, 0.3) is 0 Å². The Balaban J connectivity index is 2.68. The van der Waals surface area contributed by atoms with Crippen molar-refractivity contribution in [1.29, 1.82) is 0 Å². The van der Waals surface area contributed by atoms with E-state index in [1.165, 1.54) is 0 Å². The Morgan fingerprint density at radius 1 is 0.784 bits per heavy atom. The van der Waals surface area contributed by atoms with Gasteiger partial charge in [-0.2, -0.15) is 30.6 Å². The first-order valence-electron chi connectivity index (χ1n) is 11.0. The molecule has 17 heteroatoms. The second kappa shape index (κ2) is 14.1. The number of amides is 2. The summed E-state index contributed by atoms with van der Waals surface area (Å²) < 4.78 is 100. The third kappa shape index (κ3) is 11.3. The van der Waals surface area contributed by atoms with Gasteiger partial charge in [0.05, 0.1) is 9.82 Å². The van der Waals surface area contributed by atoms with Crippen molar-refractivity contribution in [2.24, 2.45) is 0 Å². The highest BCUT2D eigenvalue weighted by Crippen LogP contribution is 2.21. The molecule has 0 aliphatic heterocycles. The van der Waals surface area contributed by atoms with Gasteiger partial charge in [0.2, 0.25) is 10.0 Å². The molecule has 0 atom stereocenters. The van der Waals surface area contributed by atoms with Crippen molar-refractivity contribution in [2.75, 3.05) is 26.2 Å². The predicted octanol–water partition coefficient (Wildman–Crippen LogP) is 3.28. The standard InChI is InChI=1S/C20H26F6N4O6S/c21-19(22,23)17(31)27-11-3-1-2-5-13-29(14-6-4-12-28-18(32)20(24,25)26)37(35,36)16-9-7-15(8-10-16)30(33)34/h7-10H,1-6,11-14H2,(H,27,31)(H,28,32). The Hall–Kier alpha value is -2.95. The number of alkyl halides is 6. The SMILES string of the molecule is O=C(NCCCCCCN(CCCCNC(=O)C(F)(F)F)S(=O)(=O)c1ccc([N+](=O)[O-])cc1)C(F)(F)F. The summed E-state index contributed by atoms with van der Waals surface area (Å²) in [5, 5.41) is 14.2. The molecule has 0 aliphatic rings. The minimum atomic E-state index is -5.04. The summed E-state index contributed by atoms with van der Waals surface area (Å²) in [6.07, 6.45) is -8.62. The first kappa shape index (κ1) is 32.1. The minimum Gasteiger partial charge on any atom is -0.348 e. The highest BCUT2D eigenvalue weighted by molar-refractivity contribution is 7.89. The van der Waals surface area contributed by atoms with Crippen LogP contribution in [0.3, 0.4) is 0 Å². The number of nitro groups is 1. The maximum absolute atomic E-state index is 13.0. The monoisotopic (exact) mass is 564 g/mol. The molecule has 2 amide bonds. The van der Waals surface area contributed by atoms with Gasteiger partial charge in [-0.25, -0.2) is 8.42 Å². The lowest BCUT2D eigenvalue weighted by atomic mass is 10.2. The second-order valence-electron chi connectivity index (χ2n) is 7.78. The Bertz CT molecular complexity index is 1020. The summed E-state index contributed by atoms with van der Waals surface area (Å²) in [5.41, 5.74) is -0.330. The van der Waals surface area contributed by atoms with E-state index in [1.54, 1.807) is 10.6 Å². The molecule has 210 valence electrons. The number of rotatable bonds is 15.